The van der Waals surface area contributed by atoms with Crippen LogP contribution in [0.25, 0.3) is 22.5 Å². The molecule has 204 valence electrons. The summed E-state index contributed by atoms with van der Waals surface area (Å²) in [4.78, 5) is 33.6. The van der Waals surface area contributed by atoms with E-state index in [9.17, 15) is 9.59 Å². The number of anilines is 2. The largest absolute Gasteiger partial charge is 0.497 e. The van der Waals surface area contributed by atoms with Gasteiger partial charge in [0.05, 0.1) is 25.6 Å². The van der Waals surface area contributed by atoms with E-state index in [4.69, 9.17) is 9.47 Å². The van der Waals surface area contributed by atoms with E-state index >= 15 is 0 Å². The van der Waals surface area contributed by atoms with Crippen LogP contribution in [0.15, 0.2) is 59.3 Å². The molecule has 0 atom stereocenters. The van der Waals surface area contributed by atoms with Gasteiger partial charge in [-0.15, -0.1) is 22.7 Å². The molecule has 0 bridgehead atoms. The zero-order valence-electron chi connectivity index (χ0n) is 22.1. The van der Waals surface area contributed by atoms with Gasteiger partial charge < -0.3 is 20.1 Å². The van der Waals surface area contributed by atoms with Crippen LogP contribution in [0.1, 0.15) is 44.9 Å². The van der Waals surface area contributed by atoms with Crippen LogP contribution in [0.2, 0.25) is 0 Å². The molecule has 2 aromatic carbocycles. The number of hydrogen-bond donors (Lipinski definition) is 2. The lowest BCUT2D eigenvalue weighted by Crippen LogP contribution is -2.11. The van der Waals surface area contributed by atoms with Crippen molar-refractivity contribution < 1.29 is 19.1 Å². The molecular formula is C29H32N4O4S2. The molecule has 4 aromatic rings. The molecule has 4 rings (SSSR count). The first-order valence-corrected chi connectivity index (χ1v) is 14.6. The number of rotatable bonds is 14. The van der Waals surface area contributed by atoms with Crippen LogP contribution in [0.3, 0.4) is 0 Å². The maximum atomic E-state index is 12.3. The normalized spacial score (nSPS) is 10.7. The van der Waals surface area contributed by atoms with Gasteiger partial charge >= 0.3 is 0 Å². The molecule has 0 saturated carbocycles. The highest BCUT2D eigenvalue weighted by atomic mass is 32.1. The Morgan fingerprint density at radius 3 is 1.41 bits per heavy atom. The van der Waals surface area contributed by atoms with E-state index in [1.807, 2.05) is 59.3 Å². The van der Waals surface area contributed by atoms with Gasteiger partial charge in [0.2, 0.25) is 11.8 Å². The molecule has 10 heteroatoms. The fraction of sp³-hybridized carbons (Fsp3) is 0.310. The number of unbranched alkanes of at least 4 members (excludes halogenated alkanes) is 4. The molecule has 0 saturated heterocycles. The quantitative estimate of drug-likeness (QED) is 0.156. The highest BCUT2D eigenvalue weighted by Gasteiger charge is 2.10. The van der Waals surface area contributed by atoms with Crippen LogP contribution in [0.4, 0.5) is 10.3 Å². The molecule has 8 nitrogen and oxygen atoms in total. The second kappa shape index (κ2) is 14.4. The number of methoxy groups -OCH3 is 2. The zero-order valence-corrected chi connectivity index (χ0v) is 23.7. The summed E-state index contributed by atoms with van der Waals surface area (Å²) in [7, 11) is 3.27. The van der Waals surface area contributed by atoms with Crippen molar-refractivity contribution in [3.63, 3.8) is 0 Å². The fourth-order valence-corrected chi connectivity index (χ4v) is 5.39. The third-order valence-corrected chi connectivity index (χ3v) is 7.60. The molecule has 0 aliphatic carbocycles. The van der Waals surface area contributed by atoms with Crippen molar-refractivity contribution in [2.45, 2.75) is 44.9 Å². The Labute approximate surface area is 236 Å². The number of carbonyl (C=O) groups excluding carboxylic acids is 2. The summed E-state index contributed by atoms with van der Waals surface area (Å²) in [5.41, 5.74) is 3.61. The van der Waals surface area contributed by atoms with E-state index in [1.165, 1.54) is 22.7 Å². The predicted octanol–water partition coefficient (Wildman–Crippen LogP) is 7.26. The average Bonchev–Trinajstić information content (AvgIpc) is 3.62. The Hall–Kier alpha value is -3.76. The first kappa shape index (κ1) is 28.3. The summed E-state index contributed by atoms with van der Waals surface area (Å²) >= 11 is 2.83. The first-order chi connectivity index (χ1) is 19.0. The second-order valence-electron chi connectivity index (χ2n) is 8.90. The zero-order chi connectivity index (χ0) is 27.5. The highest BCUT2D eigenvalue weighted by molar-refractivity contribution is 7.14. The van der Waals surface area contributed by atoms with Crippen LogP contribution in [0, 0.1) is 0 Å². The summed E-state index contributed by atoms with van der Waals surface area (Å²) in [5, 5.41) is 10.9. The van der Waals surface area contributed by atoms with Gasteiger partial charge in [-0.3, -0.25) is 9.59 Å². The van der Waals surface area contributed by atoms with Gasteiger partial charge in [0.25, 0.3) is 0 Å². The molecule has 2 heterocycles. The Morgan fingerprint density at radius 1 is 0.641 bits per heavy atom. The minimum absolute atomic E-state index is 0.0255. The van der Waals surface area contributed by atoms with Crippen LogP contribution >= 0.6 is 22.7 Å². The number of amides is 2. The second-order valence-corrected chi connectivity index (χ2v) is 10.6. The Kier molecular flexibility index (Phi) is 10.4. The topological polar surface area (TPSA) is 102 Å². The molecule has 2 aromatic heterocycles. The highest BCUT2D eigenvalue weighted by Crippen LogP contribution is 2.28. The van der Waals surface area contributed by atoms with Crippen LogP contribution in [-0.4, -0.2) is 36.0 Å². The monoisotopic (exact) mass is 564 g/mol. The van der Waals surface area contributed by atoms with Crippen LogP contribution in [0.5, 0.6) is 11.5 Å². The maximum Gasteiger partial charge on any atom is 0.226 e. The molecule has 2 N–H and O–H groups in total. The van der Waals surface area contributed by atoms with Crippen molar-refractivity contribution in [3.05, 3.63) is 59.3 Å². The van der Waals surface area contributed by atoms with Gasteiger partial charge in [0.1, 0.15) is 11.5 Å². The van der Waals surface area contributed by atoms with Gasteiger partial charge in [-0.05, 0) is 61.4 Å². The number of aromatic nitrogens is 2. The molecule has 0 fully saturated rings. The van der Waals surface area contributed by atoms with E-state index in [2.05, 4.69) is 20.6 Å². The minimum Gasteiger partial charge on any atom is -0.497 e. The van der Waals surface area contributed by atoms with Crippen molar-refractivity contribution in [1.29, 1.82) is 0 Å². The van der Waals surface area contributed by atoms with Gasteiger partial charge in [0, 0.05) is 34.7 Å². The molecule has 2 amide bonds. The van der Waals surface area contributed by atoms with E-state index in [1.54, 1.807) is 14.2 Å². The molecule has 0 spiro atoms. The van der Waals surface area contributed by atoms with E-state index in [0.717, 1.165) is 66.1 Å². The summed E-state index contributed by atoms with van der Waals surface area (Å²) in [6, 6.07) is 15.3. The predicted molar refractivity (Wildman–Crippen MR) is 158 cm³/mol. The van der Waals surface area contributed by atoms with E-state index in [0.29, 0.717) is 23.1 Å². The maximum absolute atomic E-state index is 12.3. The van der Waals surface area contributed by atoms with Crippen molar-refractivity contribution in [2.24, 2.45) is 0 Å². The fourth-order valence-electron chi connectivity index (χ4n) is 3.92. The third kappa shape index (κ3) is 8.62. The summed E-state index contributed by atoms with van der Waals surface area (Å²) < 4.78 is 10.4. The minimum atomic E-state index is -0.0255. The lowest BCUT2D eigenvalue weighted by molar-refractivity contribution is -0.117. The number of carbonyl (C=O) groups is 2. The van der Waals surface area contributed by atoms with E-state index < -0.39 is 0 Å². The molecule has 0 radical (unpaired) electrons. The number of nitrogens with one attached hydrogen (secondary N) is 2. The number of thiazole rings is 2. The Morgan fingerprint density at radius 2 is 1.03 bits per heavy atom. The number of hydrogen-bond acceptors (Lipinski definition) is 8. The van der Waals surface area contributed by atoms with Gasteiger partial charge in [-0.1, -0.05) is 19.3 Å². The summed E-state index contributed by atoms with van der Waals surface area (Å²) in [6.07, 6.45) is 5.41. The van der Waals surface area contributed by atoms with Gasteiger partial charge in [-0.2, -0.15) is 0 Å². The van der Waals surface area contributed by atoms with Crippen molar-refractivity contribution >= 4 is 44.8 Å². The number of nitrogens with zero attached hydrogens (tertiary/aromatic N) is 2. The summed E-state index contributed by atoms with van der Waals surface area (Å²) in [6.45, 7) is 0. The standard InChI is InChI=1S/C29H32N4O4S2/c1-36-22-14-10-20(11-15-22)24-18-38-28(30-24)32-26(34)8-6-4-3-5-7-9-27(35)33-29-31-25(19-39-29)21-12-16-23(37-2)17-13-21/h10-19H,3-9H2,1-2H3,(H,30,32,34)(H,31,33,35). The lowest BCUT2D eigenvalue weighted by atomic mass is 10.1. The molecule has 0 unspecified atom stereocenters. The Bertz CT molecular complexity index is 1250. The molecular weight excluding hydrogens is 532 g/mol. The SMILES string of the molecule is COc1ccc(-c2csc(NC(=O)CCCCCCCC(=O)Nc3nc(-c4ccc(OC)cc4)cs3)n2)cc1. The van der Waals surface area contributed by atoms with Crippen molar-refractivity contribution in [1.82, 2.24) is 9.97 Å². The van der Waals surface area contributed by atoms with Gasteiger partial charge in [0.15, 0.2) is 10.3 Å². The van der Waals surface area contributed by atoms with E-state index in [-0.39, 0.29) is 11.8 Å². The average molecular weight is 565 g/mol. The number of benzene rings is 2. The van der Waals surface area contributed by atoms with Gasteiger partial charge in [-0.25, -0.2) is 9.97 Å². The van der Waals surface area contributed by atoms with Crippen LogP contribution in [-0.2, 0) is 9.59 Å². The smallest absolute Gasteiger partial charge is 0.226 e. The molecule has 0 aliphatic rings. The summed E-state index contributed by atoms with van der Waals surface area (Å²) in [5.74, 6) is 1.53. The molecule has 39 heavy (non-hydrogen) atoms. The van der Waals surface area contributed by atoms with Crippen molar-refractivity contribution in [2.75, 3.05) is 24.9 Å². The van der Waals surface area contributed by atoms with Crippen molar-refractivity contribution in [3.8, 4) is 34.0 Å². The van der Waals surface area contributed by atoms with Crippen LogP contribution < -0.4 is 20.1 Å². The lowest BCUT2D eigenvalue weighted by Gasteiger charge is -2.04. The number of ether oxygens (including phenoxy) is 2. The Balaban J connectivity index is 1.07. The first-order valence-electron chi connectivity index (χ1n) is 12.8. The third-order valence-electron chi connectivity index (χ3n) is 6.08. The molecule has 0 aliphatic heterocycles.